The van der Waals surface area contributed by atoms with Crippen molar-refractivity contribution >= 4 is 11.4 Å². The van der Waals surface area contributed by atoms with Gasteiger partial charge in [-0.15, -0.1) is 0 Å². The van der Waals surface area contributed by atoms with Gasteiger partial charge in [0.05, 0.1) is 16.2 Å². The number of rotatable bonds is 6. The first-order valence-corrected chi connectivity index (χ1v) is 7.13. The van der Waals surface area contributed by atoms with Crippen LogP contribution in [-0.2, 0) is 0 Å². The van der Waals surface area contributed by atoms with Gasteiger partial charge in [0.25, 0.3) is 5.69 Å². The third-order valence-corrected chi connectivity index (χ3v) is 3.34. The maximum Gasteiger partial charge on any atom is 0.270 e. The predicted molar refractivity (Wildman–Crippen MR) is 87.7 cm³/mol. The molecule has 0 aromatic heterocycles. The Morgan fingerprint density at radius 2 is 2.04 bits per heavy atom. The summed E-state index contributed by atoms with van der Waals surface area (Å²) in [6.45, 7) is 4.92. The molecule has 0 radical (unpaired) electrons. The highest BCUT2D eigenvalue weighted by Gasteiger charge is 2.10. The number of aryl methyl sites for hydroxylation is 2. The van der Waals surface area contributed by atoms with Gasteiger partial charge in [-0.1, -0.05) is 17.7 Å². The number of nitrogens with one attached hydrogen (secondary N) is 1. The van der Waals surface area contributed by atoms with Crippen molar-refractivity contribution in [3.05, 3.63) is 63.2 Å². The van der Waals surface area contributed by atoms with E-state index in [9.17, 15) is 10.1 Å². The van der Waals surface area contributed by atoms with E-state index in [0.29, 0.717) is 18.8 Å². The second kappa shape index (κ2) is 7.27. The van der Waals surface area contributed by atoms with Crippen molar-refractivity contribution < 1.29 is 9.66 Å². The van der Waals surface area contributed by atoms with Gasteiger partial charge in [0.1, 0.15) is 18.4 Å². The number of ether oxygens (including phenoxy) is 1. The van der Waals surface area contributed by atoms with Crippen LogP contribution in [0, 0.1) is 35.3 Å². The molecule has 6 nitrogen and oxygen atoms in total. The predicted octanol–water partition coefficient (Wildman–Crippen LogP) is 3.57. The fourth-order valence-corrected chi connectivity index (χ4v) is 2.20. The van der Waals surface area contributed by atoms with Crippen molar-refractivity contribution in [3.63, 3.8) is 0 Å². The van der Waals surface area contributed by atoms with E-state index in [1.54, 1.807) is 0 Å². The van der Waals surface area contributed by atoms with Crippen LogP contribution in [0.1, 0.15) is 16.7 Å². The van der Waals surface area contributed by atoms with E-state index in [1.165, 1.54) is 23.8 Å². The van der Waals surface area contributed by atoms with Crippen molar-refractivity contribution in [3.8, 4) is 11.8 Å². The van der Waals surface area contributed by atoms with E-state index in [1.807, 2.05) is 38.1 Å². The summed E-state index contributed by atoms with van der Waals surface area (Å²) < 4.78 is 5.70. The number of nitro benzene ring substituents is 1. The van der Waals surface area contributed by atoms with Crippen LogP contribution in [0.25, 0.3) is 0 Å². The molecule has 118 valence electrons. The van der Waals surface area contributed by atoms with Crippen LogP contribution in [0.2, 0.25) is 0 Å². The number of anilines is 1. The Hall–Kier alpha value is -3.07. The molecular formula is C17H17N3O3. The third-order valence-electron chi connectivity index (χ3n) is 3.34. The normalized spacial score (nSPS) is 9.96. The molecule has 2 rings (SSSR count). The summed E-state index contributed by atoms with van der Waals surface area (Å²) in [5.41, 5.74) is 2.95. The molecule has 0 aliphatic heterocycles. The van der Waals surface area contributed by atoms with Crippen LogP contribution >= 0.6 is 0 Å². The Labute approximate surface area is 134 Å². The van der Waals surface area contributed by atoms with Gasteiger partial charge in [0, 0.05) is 18.7 Å². The number of nitriles is 1. The van der Waals surface area contributed by atoms with Gasteiger partial charge in [0.2, 0.25) is 0 Å². The molecule has 0 saturated carbocycles. The average molecular weight is 311 g/mol. The van der Waals surface area contributed by atoms with Crippen LogP contribution < -0.4 is 10.1 Å². The molecule has 0 fully saturated rings. The van der Waals surface area contributed by atoms with Gasteiger partial charge in [-0.3, -0.25) is 10.1 Å². The molecule has 1 N–H and O–H groups in total. The fraction of sp³-hybridized carbons (Fsp3) is 0.235. The summed E-state index contributed by atoms with van der Waals surface area (Å²) in [6.07, 6.45) is 0. The minimum absolute atomic E-state index is 0.0985. The fourth-order valence-electron chi connectivity index (χ4n) is 2.20. The number of nitro groups is 1. The van der Waals surface area contributed by atoms with Gasteiger partial charge >= 0.3 is 0 Å². The number of hydrogen-bond donors (Lipinski definition) is 1. The van der Waals surface area contributed by atoms with Crippen molar-refractivity contribution in [1.29, 1.82) is 5.26 Å². The molecular weight excluding hydrogens is 294 g/mol. The van der Waals surface area contributed by atoms with E-state index in [4.69, 9.17) is 10.00 Å². The van der Waals surface area contributed by atoms with Crippen molar-refractivity contribution in [2.75, 3.05) is 18.5 Å². The Morgan fingerprint density at radius 1 is 1.26 bits per heavy atom. The Balaban J connectivity index is 1.94. The molecule has 0 unspecified atom stereocenters. The zero-order chi connectivity index (χ0) is 16.8. The number of non-ortho nitro benzene ring substituents is 1. The van der Waals surface area contributed by atoms with E-state index < -0.39 is 4.92 Å². The van der Waals surface area contributed by atoms with Crippen molar-refractivity contribution in [2.45, 2.75) is 13.8 Å². The largest absolute Gasteiger partial charge is 0.491 e. The second-order valence-corrected chi connectivity index (χ2v) is 5.14. The van der Waals surface area contributed by atoms with E-state index in [2.05, 4.69) is 5.32 Å². The molecule has 0 saturated heterocycles. The van der Waals surface area contributed by atoms with Crippen LogP contribution in [0.15, 0.2) is 36.4 Å². The molecule has 2 aromatic carbocycles. The van der Waals surface area contributed by atoms with Gasteiger partial charge in [0.15, 0.2) is 0 Å². The summed E-state index contributed by atoms with van der Waals surface area (Å²) in [7, 11) is 0. The zero-order valence-electron chi connectivity index (χ0n) is 13.0. The van der Waals surface area contributed by atoms with Gasteiger partial charge in [-0.2, -0.15) is 5.26 Å². The molecule has 0 atom stereocenters. The van der Waals surface area contributed by atoms with E-state index >= 15 is 0 Å². The van der Waals surface area contributed by atoms with Crippen LogP contribution in [0.4, 0.5) is 11.4 Å². The molecule has 0 bridgehead atoms. The van der Waals surface area contributed by atoms with Crippen molar-refractivity contribution in [1.82, 2.24) is 0 Å². The average Bonchev–Trinajstić information content (AvgIpc) is 2.53. The lowest BCUT2D eigenvalue weighted by atomic mass is 10.1. The lowest BCUT2D eigenvalue weighted by molar-refractivity contribution is -0.384. The number of nitrogens with zero attached hydrogens (tertiary/aromatic N) is 2. The van der Waals surface area contributed by atoms with Gasteiger partial charge in [-0.25, -0.2) is 0 Å². The number of hydrogen-bond acceptors (Lipinski definition) is 5. The molecule has 6 heteroatoms. The highest BCUT2D eigenvalue weighted by Crippen LogP contribution is 2.21. The smallest absolute Gasteiger partial charge is 0.270 e. The quantitative estimate of drug-likeness (QED) is 0.500. The summed E-state index contributed by atoms with van der Waals surface area (Å²) in [5.74, 6) is 0.821. The Morgan fingerprint density at radius 3 is 2.70 bits per heavy atom. The van der Waals surface area contributed by atoms with Crippen LogP contribution in [0.5, 0.6) is 5.75 Å². The third kappa shape index (κ3) is 4.20. The molecule has 0 aliphatic rings. The van der Waals surface area contributed by atoms with Crippen LogP contribution in [0.3, 0.4) is 0 Å². The summed E-state index contributed by atoms with van der Waals surface area (Å²) >= 11 is 0. The molecule has 0 spiro atoms. The zero-order valence-corrected chi connectivity index (χ0v) is 13.0. The minimum atomic E-state index is -0.520. The maximum atomic E-state index is 10.7. The molecule has 0 amide bonds. The second-order valence-electron chi connectivity index (χ2n) is 5.14. The highest BCUT2D eigenvalue weighted by atomic mass is 16.6. The lowest BCUT2D eigenvalue weighted by Crippen LogP contribution is -2.12. The van der Waals surface area contributed by atoms with E-state index in [0.717, 1.165) is 11.3 Å². The Bertz CT molecular complexity index is 766. The Kier molecular flexibility index (Phi) is 5.15. The van der Waals surface area contributed by atoms with E-state index in [-0.39, 0.29) is 11.3 Å². The molecule has 0 aliphatic carbocycles. The van der Waals surface area contributed by atoms with Crippen LogP contribution in [-0.4, -0.2) is 18.1 Å². The summed E-state index contributed by atoms with van der Waals surface area (Å²) in [4.78, 5) is 10.2. The number of benzene rings is 2. The first-order valence-electron chi connectivity index (χ1n) is 7.13. The standard InChI is InChI=1S/C17H17N3O3/c1-12-3-6-17(13(2)9-12)23-8-7-19-16-5-4-15(20(21)22)10-14(16)11-18/h3-6,9-10,19H,7-8H2,1-2H3. The first-order chi connectivity index (χ1) is 11.0. The minimum Gasteiger partial charge on any atom is -0.491 e. The molecule has 2 aromatic rings. The van der Waals surface area contributed by atoms with Gasteiger partial charge < -0.3 is 10.1 Å². The highest BCUT2D eigenvalue weighted by molar-refractivity contribution is 5.61. The topological polar surface area (TPSA) is 88.2 Å². The SMILES string of the molecule is Cc1ccc(OCCNc2ccc([N+](=O)[O-])cc2C#N)c(C)c1. The lowest BCUT2D eigenvalue weighted by Gasteiger charge is -2.11. The van der Waals surface area contributed by atoms with Crippen molar-refractivity contribution in [2.24, 2.45) is 0 Å². The molecule has 23 heavy (non-hydrogen) atoms. The maximum absolute atomic E-state index is 10.7. The monoisotopic (exact) mass is 311 g/mol. The first kappa shape index (κ1) is 16.3. The summed E-state index contributed by atoms with van der Waals surface area (Å²) in [5, 5.41) is 22.8. The molecule has 0 heterocycles. The summed E-state index contributed by atoms with van der Waals surface area (Å²) in [6, 6.07) is 12.1. The van der Waals surface area contributed by atoms with Gasteiger partial charge in [-0.05, 0) is 31.5 Å².